The van der Waals surface area contributed by atoms with Gasteiger partial charge in [-0.1, -0.05) is 18.2 Å². The fourth-order valence-corrected chi connectivity index (χ4v) is 2.61. The van der Waals surface area contributed by atoms with Crippen LogP contribution in [-0.2, 0) is 12.6 Å². The molecule has 2 aromatic rings. The van der Waals surface area contributed by atoms with Crippen molar-refractivity contribution in [1.29, 1.82) is 0 Å². The topological polar surface area (TPSA) is 9.23 Å². The summed E-state index contributed by atoms with van der Waals surface area (Å²) in [5, 5.41) is 0. The Kier molecular flexibility index (Phi) is 3.35. The highest BCUT2D eigenvalue weighted by Gasteiger charge is 2.34. The van der Waals surface area contributed by atoms with E-state index < -0.39 is 17.6 Å². The van der Waals surface area contributed by atoms with E-state index in [1.807, 2.05) is 0 Å². The van der Waals surface area contributed by atoms with Gasteiger partial charge in [-0.15, -0.1) is 0 Å². The molecule has 0 atom stereocenters. The van der Waals surface area contributed by atoms with Crippen molar-refractivity contribution >= 4 is 0 Å². The molecular weight excluding hydrogens is 284 g/mol. The quantitative estimate of drug-likeness (QED) is 0.684. The number of ether oxygens (including phenoxy) is 1. The van der Waals surface area contributed by atoms with Crippen LogP contribution in [-0.4, -0.2) is 6.61 Å². The van der Waals surface area contributed by atoms with E-state index in [0.29, 0.717) is 24.3 Å². The summed E-state index contributed by atoms with van der Waals surface area (Å²) in [5.41, 5.74) is -0.0551. The summed E-state index contributed by atoms with van der Waals surface area (Å²) in [6.45, 7) is 0.430. The third-order valence-corrected chi connectivity index (χ3v) is 3.49. The largest absolute Gasteiger partial charge is 0.493 e. The van der Waals surface area contributed by atoms with E-state index in [1.165, 1.54) is 24.3 Å². The highest BCUT2D eigenvalue weighted by Crippen LogP contribution is 2.43. The molecule has 3 rings (SSSR count). The molecule has 0 saturated carbocycles. The molecule has 0 unspecified atom stereocenters. The van der Waals surface area contributed by atoms with Gasteiger partial charge in [-0.3, -0.25) is 0 Å². The van der Waals surface area contributed by atoms with E-state index in [0.717, 1.165) is 18.6 Å². The Morgan fingerprint density at radius 3 is 2.52 bits per heavy atom. The lowest BCUT2D eigenvalue weighted by molar-refractivity contribution is -0.137. The average Bonchev–Trinajstić information content (AvgIpc) is 2.45. The van der Waals surface area contributed by atoms with Crippen molar-refractivity contribution in [3.8, 4) is 16.9 Å². The van der Waals surface area contributed by atoms with Crippen molar-refractivity contribution in [2.75, 3.05) is 6.61 Å². The summed E-state index contributed by atoms with van der Waals surface area (Å²) in [6, 6.07) is 7.60. The summed E-state index contributed by atoms with van der Waals surface area (Å²) in [5.74, 6) is -0.189. The van der Waals surface area contributed by atoms with E-state index in [1.54, 1.807) is 0 Å². The number of hydrogen-bond donors (Lipinski definition) is 0. The third kappa shape index (κ3) is 2.60. The van der Waals surface area contributed by atoms with Crippen LogP contribution in [0.2, 0.25) is 0 Å². The van der Waals surface area contributed by atoms with Crippen molar-refractivity contribution in [3.05, 3.63) is 53.3 Å². The number of halogens is 4. The molecule has 1 aliphatic heterocycles. The molecule has 0 saturated heterocycles. The van der Waals surface area contributed by atoms with E-state index >= 15 is 0 Å². The third-order valence-electron chi connectivity index (χ3n) is 3.49. The van der Waals surface area contributed by atoms with E-state index in [4.69, 9.17) is 4.74 Å². The Bertz CT molecular complexity index is 676. The second kappa shape index (κ2) is 5.06. The van der Waals surface area contributed by atoms with Crippen LogP contribution in [0.15, 0.2) is 36.4 Å². The molecule has 0 bridgehead atoms. The highest BCUT2D eigenvalue weighted by atomic mass is 19.4. The van der Waals surface area contributed by atoms with Crippen molar-refractivity contribution in [1.82, 2.24) is 0 Å². The Balaban J connectivity index is 2.24. The van der Waals surface area contributed by atoms with Crippen molar-refractivity contribution < 1.29 is 22.3 Å². The first kappa shape index (κ1) is 13.9. The van der Waals surface area contributed by atoms with Gasteiger partial charge in [0.25, 0.3) is 0 Å². The minimum atomic E-state index is -4.50. The van der Waals surface area contributed by atoms with Gasteiger partial charge in [0.15, 0.2) is 0 Å². The van der Waals surface area contributed by atoms with E-state index in [2.05, 4.69) is 0 Å². The normalized spacial score (nSPS) is 14.5. The maximum Gasteiger partial charge on any atom is 0.417 e. The Morgan fingerprint density at radius 2 is 1.76 bits per heavy atom. The van der Waals surface area contributed by atoms with Gasteiger partial charge in [0, 0.05) is 5.56 Å². The molecule has 0 radical (unpaired) electrons. The number of benzene rings is 2. The number of fused-ring (bicyclic) bond motifs is 1. The summed E-state index contributed by atoms with van der Waals surface area (Å²) in [4.78, 5) is 0. The Morgan fingerprint density at radius 1 is 1.00 bits per heavy atom. The summed E-state index contributed by atoms with van der Waals surface area (Å²) >= 11 is 0. The molecule has 1 aliphatic rings. The lowest BCUT2D eigenvalue weighted by Crippen LogP contribution is -2.12. The zero-order chi connectivity index (χ0) is 15.0. The molecular formula is C16H12F4O. The van der Waals surface area contributed by atoms with Crippen LogP contribution < -0.4 is 4.74 Å². The van der Waals surface area contributed by atoms with E-state index in [-0.39, 0.29) is 11.1 Å². The molecule has 21 heavy (non-hydrogen) atoms. The molecule has 1 heterocycles. The first-order chi connectivity index (χ1) is 9.97. The summed E-state index contributed by atoms with van der Waals surface area (Å²) < 4.78 is 58.6. The SMILES string of the molecule is Fc1cc2c(c(-c3ccccc3C(F)(F)F)c1)OCCC2. The molecule has 0 spiro atoms. The molecule has 0 aliphatic carbocycles. The van der Waals surface area contributed by atoms with Crippen molar-refractivity contribution in [3.63, 3.8) is 0 Å². The average molecular weight is 296 g/mol. The Hall–Kier alpha value is -2.04. The molecule has 2 aromatic carbocycles. The molecule has 0 aromatic heterocycles. The summed E-state index contributed by atoms with van der Waals surface area (Å²) in [6.07, 6.45) is -3.16. The molecule has 0 N–H and O–H groups in total. The number of alkyl halides is 3. The van der Waals surface area contributed by atoms with Gasteiger partial charge >= 0.3 is 6.18 Å². The predicted octanol–water partition coefficient (Wildman–Crippen LogP) is 4.84. The van der Waals surface area contributed by atoms with Crippen LogP contribution >= 0.6 is 0 Å². The van der Waals surface area contributed by atoms with Crippen molar-refractivity contribution in [2.24, 2.45) is 0 Å². The minimum Gasteiger partial charge on any atom is -0.493 e. The maximum absolute atomic E-state index is 13.7. The first-order valence-corrected chi connectivity index (χ1v) is 6.58. The van der Waals surface area contributed by atoms with Gasteiger partial charge in [0.2, 0.25) is 0 Å². The molecule has 110 valence electrons. The van der Waals surface area contributed by atoms with Crippen LogP contribution in [0.3, 0.4) is 0 Å². The smallest absolute Gasteiger partial charge is 0.417 e. The summed E-state index contributed by atoms with van der Waals surface area (Å²) in [7, 11) is 0. The minimum absolute atomic E-state index is 0.0531. The second-order valence-corrected chi connectivity index (χ2v) is 4.94. The standard InChI is InChI=1S/C16H12F4O/c17-11-8-10-4-3-7-21-15(10)13(9-11)12-5-1-2-6-14(12)16(18,19)20/h1-2,5-6,8-9H,3-4,7H2. The van der Waals surface area contributed by atoms with Crippen LogP contribution in [0.25, 0.3) is 11.1 Å². The number of rotatable bonds is 1. The van der Waals surface area contributed by atoms with Gasteiger partial charge in [-0.2, -0.15) is 13.2 Å². The van der Waals surface area contributed by atoms with Gasteiger partial charge in [0.1, 0.15) is 11.6 Å². The predicted molar refractivity (Wildman–Crippen MR) is 70.7 cm³/mol. The molecule has 0 amide bonds. The van der Waals surface area contributed by atoms with E-state index in [9.17, 15) is 17.6 Å². The molecule has 1 nitrogen and oxygen atoms in total. The van der Waals surface area contributed by atoms with Crippen LogP contribution in [0, 0.1) is 5.82 Å². The van der Waals surface area contributed by atoms with Crippen LogP contribution in [0.4, 0.5) is 17.6 Å². The van der Waals surface area contributed by atoms with Crippen LogP contribution in [0.5, 0.6) is 5.75 Å². The van der Waals surface area contributed by atoms with Gasteiger partial charge in [0.05, 0.1) is 12.2 Å². The Labute approximate surface area is 119 Å². The zero-order valence-electron chi connectivity index (χ0n) is 11.0. The van der Waals surface area contributed by atoms with Gasteiger partial charge < -0.3 is 4.74 Å². The number of aryl methyl sites for hydroxylation is 1. The first-order valence-electron chi connectivity index (χ1n) is 6.58. The highest BCUT2D eigenvalue weighted by molar-refractivity contribution is 5.75. The fourth-order valence-electron chi connectivity index (χ4n) is 2.61. The monoisotopic (exact) mass is 296 g/mol. The van der Waals surface area contributed by atoms with Crippen LogP contribution in [0.1, 0.15) is 17.5 Å². The second-order valence-electron chi connectivity index (χ2n) is 4.94. The molecule has 0 fully saturated rings. The molecule has 5 heteroatoms. The van der Waals surface area contributed by atoms with Gasteiger partial charge in [-0.25, -0.2) is 4.39 Å². The lowest BCUT2D eigenvalue weighted by Gasteiger charge is -2.22. The fraction of sp³-hybridized carbons (Fsp3) is 0.250. The van der Waals surface area contributed by atoms with Gasteiger partial charge in [-0.05, 0) is 42.2 Å². The zero-order valence-corrected chi connectivity index (χ0v) is 11.0. The lowest BCUT2D eigenvalue weighted by atomic mass is 9.94. The van der Waals surface area contributed by atoms with Crippen molar-refractivity contribution in [2.45, 2.75) is 19.0 Å². The number of hydrogen-bond acceptors (Lipinski definition) is 1. The maximum atomic E-state index is 13.7.